The van der Waals surface area contributed by atoms with Crippen molar-refractivity contribution in [1.29, 1.82) is 5.26 Å². The molecule has 2 heterocycles. The van der Waals surface area contributed by atoms with Crippen LogP contribution in [0.15, 0.2) is 42.5 Å². The zero-order valence-corrected chi connectivity index (χ0v) is 17.3. The number of rotatable bonds is 9. The number of nitriles is 1. The van der Waals surface area contributed by atoms with Crippen molar-refractivity contribution in [3.63, 3.8) is 0 Å². The number of aryl methyl sites for hydroxylation is 1. The maximum Gasteiger partial charge on any atom is 0.215 e. The Morgan fingerprint density at radius 1 is 1.03 bits per heavy atom. The zero-order valence-electron chi connectivity index (χ0n) is 17.3. The number of allylic oxidation sites excluding steroid dienone is 1. The van der Waals surface area contributed by atoms with Crippen LogP contribution in [-0.2, 0) is 6.54 Å². The van der Waals surface area contributed by atoms with Gasteiger partial charge in [-0.2, -0.15) is 10.5 Å². The highest BCUT2D eigenvalue weighted by Crippen LogP contribution is 2.31. The van der Waals surface area contributed by atoms with E-state index in [4.69, 9.17) is 0 Å². The van der Waals surface area contributed by atoms with Gasteiger partial charge in [0.05, 0.1) is 0 Å². The molecule has 0 aliphatic heterocycles. The van der Waals surface area contributed by atoms with E-state index in [0.717, 1.165) is 12.1 Å². The fraction of sp³-hybridized carbons (Fsp3) is 0.333. The number of aromatic nitrogens is 5. The minimum absolute atomic E-state index is 0.308. The van der Waals surface area contributed by atoms with Crippen LogP contribution in [0, 0.1) is 11.3 Å². The summed E-state index contributed by atoms with van der Waals surface area (Å²) in [6.45, 7) is 3.28. The number of fused-ring (bicyclic) bond motifs is 3. The molecule has 0 aliphatic carbocycles. The Hall–Kier alpha value is -3.46. The van der Waals surface area contributed by atoms with E-state index in [-0.39, 0.29) is 0 Å². The van der Waals surface area contributed by atoms with Gasteiger partial charge < -0.3 is 4.57 Å². The van der Waals surface area contributed by atoms with Gasteiger partial charge in [0.1, 0.15) is 11.6 Å². The van der Waals surface area contributed by atoms with Crippen LogP contribution in [-0.4, -0.2) is 25.2 Å². The van der Waals surface area contributed by atoms with Crippen LogP contribution in [0.2, 0.25) is 0 Å². The molecule has 2 aromatic carbocycles. The molecular formula is C24H26N6. The van der Waals surface area contributed by atoms with Crippen molar-refractivity contribution in [1.82, 2.24) is 25.2 Å². The first kappa shape index (κ1) is 19.8. The van der Waals surface area contributed by atoms with E-state index in [9.17, 15) is 5.26 Å². The molecule has 0 saturated heterocycles. The monoisotopic (exact) mass is 398 g/mol. The summed E-state index contributed by atoms with van der Waals surface area (Å²) < 4.78 is 2.43. The van der Waals surface area contributed by atoms with Crippen LogP contribution < -0.4 is 0 Å². The summed E-state index contributed by atoms with van der Waals surface area (Å²) in [7, 11) is 0. The molecule has 6 heteroatoms. The molecule has 4 rings (SSSR count). The molecule has 1 N–H and O–H groups in total. The van der Waals surface area contributed by atoms with Crippen molar-refractivity contribution >= 4 is 33.5 Å². The van der Waals surface area contributed by atoms with Gasteiger partial charge in [-0.3, -0.25) is 0 Å². The number of benzene rings is 2. The summed E-state index contributed by atoms with van der Waals surface area (Å²) in [6, 6.07) is 17.1. The van der Waals surface area contributed by atoms with Crippen LogP contribution in [0.1, 0.15) is 56.8 Å². The average Bonchev–Trinajstić information content (AvgIpc) is 3.41. The number of nitrogens with zero attached hydrogens (tertiary/aromatic N) is 5. The maximum absolute atomic E-state index is 9.48. The number of para-hydroxylation sites is 1. The van der Waals surface area contributed by atoms with E-state index >= 15 is 0 Å². The highest BCUT2D eigenvalue weighted by Gasteiger charge is 2.11. The van der Waals surface area contributed by atoms with Gasteiger partial charge in [-0.1, -0.05) is 63.3 Å². The Morgan fingerprint density at radius 2 is 1.83 bits per heavy atom. The molecule has 0 aliphatic rings. The molecule has 0 saturated carbocycles. The van der Waals surface area contributed by atoms with E-state index in [1.54, 1.807) is 0 Å². The highest BCUT2D eigenvalue weighted by atomic mass is 15.5. The van der Waals surface area contributed by atoms with Gasteiger partial charge in [0.25, 0.3) is 0 Å². The summed E-state index contributed by atoms with van der Waals surface area (Å²) in [5.74, 6) is 0.308. The first-order valence-corrected chi connectivity index (χ1v) is 10.7. The van der Waals surface area contributed by atoms with Crippen LogP contribution in [0.5, 0.6) is 0 Å². The smallest absolute Gasteiger partial charge is 0.215 e. The van der Waals surface area contributed by atoms with Gasteiger partial charge in [-0.15, -0.1) is 10.2 Å². The second-order valence-electron chi connectivity index (χ2n) is 7.62. The Labute approximate surface area is 176 Å². The number of hydrogen-bond donors (Lipinski definition) is 1. The molecule has 152 valence electrons. The lowest BCUT2D eigenvalue weighted by atomic mass is 10.1. The average molecular weight is 399 g/mol. The van der Waals surface area contributed by atoms with Gasteiger partial charge in [-0.25, -0.2) is 0 Å². The van der Waals surface area contributed by atoms with Crippen LogP contribution in [0.25, 0.3) is 33.5 Å². The molecule has 0 unspecified atom stereocenters. The molecule has 0 amide bonds. The topological polar surface area (TPSA) is 83.2 Å². The Bertz CT molecular complexity index is 1190. The molecule has 0 atom stereocenters. The van der Waals surface area contributed by atoms with Gasteiger partial charge in [0.15, 0.2) is 0 Å². The predicted octanol–water partition coefficient (Wildman–Crippen LogP) is 5.73. The minimum atomic E-state index is 0.308. The third kappa shape index (κ3) is 4.11. The Morgan fingerprint density at radius 3 is 2.63 bits per heavy atom. The molecule has 0 spiro atoms. The van der Waals surface area contributed by atoms with E-state index in [0.29, 0.717) is 11.4 Å². The van der Waals surface area contributed by atoms with Gasteiger partial charge in [0.2, 0.25) is 5.82 Å². The van der Waals surface area contributed by atoms with Crippen molar-refractivity contribution in [2.24, 2.45) is 0 Å². The van der Waals surface area contributed by atoms with E-state index in [2.05, 4.69) is 80.6 Å². The molecule has 0 radical (unpaired) electrons. The highest BCUT2D eigenvalue weighted by molar-refractivity contribution is 6.09. The number of unbranched alkanes of at least 4 members (excludes halogenated alkanes) is 5. The second kappa shape index (κ2) is 9.36. The summed E-state index contributed by atoms with van der Waals surface area (Å²) in [4.78, 5) is 0. The van der Waals surface area contributed by atoms with E-state index in [1.807, 2.05) is 6.08 Å². The maximum atomic E-state index is 9.48. The first-order valence-electron chi connectivity index (χ1n) is 10.7. The SMILES string of the molecule is CCCCCCCCn1c2ccccc2c2cc(/C=C(\C#N)c3nn[nH]n3)ccc21. The lowest BCUT2D eigenvalue weighted by Crippen LogP contribution is -1.97. The van der Waals surface area contributed by atoms with Crippen LogP contribution in [0.3, 0.4) is 0 Å². The number of H-pyrrole nitrogens is 1. The van der Waals surface area contributed by atoms with Gasteiger partial charge in [0, 0.05) is 28.4 Å². The molecule has 2 aromatic heterocycles. The quantitative estimate of drug-likeness (QED) is 0.288. The van der Waals surface area contributed by atoms with Crippen molar-refractivity contribution in [3.05, 3.63) is 53.9 Å². The molecule has 0 bridgehead atoms. The normalized spacial score (nSPS) is 11.9. The second-order valence-corrected chi connectivity index (χ2v) is 7.62. The minimum Gasteiger partial charge on any atom is -0.340 e. The van der Waals surface area contributed by atoms with Crippen LogP contribution in [0.4, 0.5) is 0 Å². The van der Waals surface area contributed by atoms with Gasteiger partial charge in [-0.05, 0) is 41.5 Å². The number of aromatic amines is 1. The van der Waals surface area contributed by atoms with Crippen molar-refractivity contribution in [2.45, 2.75) is 52.0 Å². The van der Waals surface area contributed by atoms with Crippen molar-refractivity contribution in [2.75, 3.05) is 0 Å². The third-order valence-corrected chi connectivity index (χ3v) is 5.55. The summed E-state index contributed by atoms with van der Waals surface area (Å²) >= 11 is 0. The Kier molecular flexibility index (Phi) is 6.19. The summed E-state index contributed by atoms with van der Waals surface area (Å²) in [5, 5.41) is 25.7. The lowest BCUT2D eigenvalue weighted by Gasteiger charge is -2.08. The number of hydrogen-bond acceptors (Lipinski definition) is 4. The first-order chi connectivity index (χ1) is 14.8. The fourth-order valence-electron chi connectivity index (χ4n) is 4.04. The lowest BCUT2D eigenvalue weighted by molar-refractivity contribution is 0.571. The fourth-order valence-corrected chi connectivity index (χ4v) is 4.04. The standard InChI is InChI=1S/C24H26N6/c1-2-3-4-5-6-9-14-30-22-11-8-7-10-20(22)21-16-18(12-13-23(21)30)15-19(17-25)24-26-28-29-27-24/h7-8,10-13,15-16H,2-6,9,14H2,1H3,(H,26,27,28,29)/b19-15+. The van der Waals surface area contributed by atoms with Crippen molar-refractivity contribution < 1.29 is 0 Å². The molecule has 0 fully saturated rings. The molecule has 30 heavy (non-hydrogen) atoms. The van der Waals surface area contributed by atoms with Gasteiger partial charge >= 0.3 is 0 Å². The van der Waals surface area contributed by atoms with E-state index in [1.165, 1.54) is 60.3 Å². The Balaban J connectivity index is 1.66. The largest absolute Gasteiger partial charge is 0.340 e. The van der Waals surface area contributed by atoms with E-state index < -0.39 is 0 Å². The van der Waals surface area contributed by atoms with Crippen LogP contribution >= 0.6 is 0 Å². The number of tetrazole rings is 1. The zero-order chi connectivity index (χ0) is 20.8. The molecule has 4 aromatic rings. The molecule has 6 nitrogen and oxygen atoms in total. The number of nitrogens with one attached hydrogen (secondary N) is 1. The summed E-state index contributed by atoms with van der Waals surface area (Å²) in [6.07, 6.45) is 9.53. The van der Waals surface area contributed by atoms with Crippen molar-refractivity contribution in [3.8, 4) is 6.07 Å². The predicted molar refractivity (Wildman–Crippen MR) is 120 cm³/mol. The third-order valence-electron chi connectivity index (χ3n) is 5.55. The molecular weight excluding hydrogens is 372 g/mol. The summed E-state index contributed by atoms with van der Waals surface area (Å²) in [5.41, 5.74) is 3.84.